The minimum absolute atomic E-state index is 0.0126. The molecule has 1 heterocycles. The molecule has 2 amide bonds. The third kappa shape index (κ3) is 2.96. The van der Waals surface area contributed by atoms with Gasteiger partial charge in [0.2, 0.25) is 0 Å². The van der Waals surface area contributed by atoms with Gasteiger partial charge in [-0.2, -0.15) is 0 Å². The molecule has 6 heteroatoms. The van der Waals surface area contributed by atoms with Crippen LogP contribution in [0.15, 0.2) is 48.5 Å². The van der Waals surface area contributed by atoms with E-state index in [1.165, 1.54) is 6.07 Å². The molecule has 116 valence electrons. The smallest absolute Gasteiger partial charge is 0.338 e. The second-order valence-electron chi connectivity index (χ2n) is 4.95. The SMILES string of the molecule is O=C(OCCN1C(=O)c2ccccc2C1=O)c1cccc(Cl)c1. The first-order valence-electron chi connectivity index (χ1n) is 6.96. The number of ether oxygens (including phenoxy) is 1. The molecule has 23 heavy (non-hydrogen) atoms. The molecule has 0 fully saturated rings. The Morgan fingerprint density at radius 2 is 1.65 bits per heavy atom. The average molecular weight is 330 g/mol. The number of hydrogen-bond acceptors (Lipinski definition) is 4. The van der Waals surface area contributed by atoms with Crippen LogP contribution in [0.1, 0.15) is 31.1 Å². The number of carbonyl (C=O) groups is 3. The molecule has 0 radical (unpaired) electrons. The summed E-state index contributed by atoms with van der Waals surface area (Å²) in [6.45, 7) is -0.0601. The van der Waals surface area contributed by atoms with Gasteiger partial charge in [-0.15, -0.1) is 0 Å². The summed E-state index contributed by atoms with van der Waals surface area (Å²) in [5.41, 5.74) is 1.07. The number of imide groups is 1. The summed E-state index contributed by atoms with van der Waals surface area (Å²) < 4.78 is 5.10. The van der Waals surface area contributed by atoms with Gasteiger partial charge in [0.1, 0.15) is 6.61 Å². The number of amides is 2. The summed E-state index contributed by atoms with van der Waals surface area (Å²) in [6, 6.07) is 13.0. The third-order valence-corrected chi connectivity index (χ3v) is 3.72. The van der Waals surface area contributed by atoms with Crippen LogP contribution < -0.4 is 0 Å². The lowest BCUT2D eigenvalue weighted by Gasteiger charge is -2.13. The second kappa shape index (κ2) is 6.22. The molecule has 0 N–H and O–H groups in total. The third-order valence-electron chi connectivity index (χ3n) is 3.49. The first kappa shape index (κ1) is 15.2. The van der Waals surface area contributed by atoms with Crippen molar-refractivity contribution < 1.29 is 19.1 Å². The van der Waals surface area contributed by atoms with Gasteiger partial charge in [-0.1, -0.05) is 29.8 Å². The van der Waals surface area contributed by atoms with Crippen molar-refractivity contribution in [1.82, 2.24) is 4.90 Å². The van der Waals surface area contributed by atoms with E-state index >= 15 is 0 Å². The summed E-state index contributed by atoms with van der Waals surface area (Å²) in [6.07, 6.45) is 0. The maximum atomic E-state index is 12.1. The molecule has 5 nitrogen and oxygen atoms in total. The van der Waals surface area contributed by atoms with Crippen LogP contribution in [0.5, 0.6) is 0 Å². The Morgan fingerprint density at radius 1 is 1.00 bits per heavy atom. The predicted octanol–water partition coefficient (Wildman–Crippen LogP) is 2.79. The van der Waals surface area contributed by atoms with Crippen LogP contribution in [-0.4, -0.2) is 35.8 Å². The van der Waals surface area contributed by atoms with Crippen LogP contribution in [-0.2, 0) is 4.74 Å². The zero-order valence-electron chi connectivity index (χ0n) is 12.0. The van der Waals surface area contributed by atoms with Gasteiger partial charge < -0.3 is 4.74 Å². The molecule has 0 atom stereocenters. The fourth-order valence-corrected chi connectivity index (χ4v) is 2.56. The quantitative estimate of drug-likeness (QED) is 0.639. The van der Waals surface area contributed by atoms with Gasteiger partial charge in [0.25, 0.3) is 11.8 Å². The van der Waals surface area contributed by atoms with Crippen LogP contribution in [0.3, 0.4) is 0 Å². The maximum absolute atomic E-state index is 12.1. The molecule has 0 spiro atoms. The number of nitrogens with zero attached hydrogens (tertiary/aromatic N) is 1. The molecule has 3 rings (SSSR count). The van der Waals surface area contributed by atoms with Crippen LogP contribution in [0.25, 0.3) is 0 Å². The average Bonchev–Trinajstić information content (AvgIpc) is 2.80. The van der Waals surface area contributed by atoms with E-state index in [1.54, 1.807) is 42.5 Å². The highest BCUT2D eigenvalue weighted by molar-refractivity contribution is 6.30. The van der Waals surface area contributed by atoms with Crippen molar-refractivity contribution in [2.24, 2.45) is 0 Å². The van der Waals surface area contributed by atoms with E-state index in [9.17, 15) is 14.4 Å². The summed E-state index contributed by atoms with van der Waals surface area (Å²) >= 11 is 5.81. The topological polar surface area (TPSA) is 63.7 Å². The molecular weight excluding hydrogens is 318 g/mol. The van der Waals surface area contributed by atoms with E-state index in [0.29, 0.717) is 21.7 Å². The van der Waals surface area contributed by atoms with Crippen molar-refractivity contribution in [3.8, 4) is 0 Å². The number of rotatable bonds is 4. The Balaban J connectivity index is 1.61. The molecule has 2 aromatic carbocycles. The van der Waals surface area contributed by atoms with E-state index in [1.807, 2.05) is 0 Å². The predicted molar refractivity (Wildman–Crippen MR) is 83.5 cm³/mol. The Bertz CT molecular complexity index is 768. The largest absolute Gasteiger partial charge is 0.460 e. The Hall–Kier alpha value is -2.66. The van der Waals surface area contributed by atoms with E-state index in [4.69, 9.17) is 16.3 Å². The summed E-state index contributed by atoms with van der Waals surface area (Å²) in [7, 11) is 0. The first-order chi connectivity index (χ1) is 11.1. The van der Waals surface area contributed by atoms with Crippen LogP contribution >= 0.6 is 11.6 Å². The van der Waals surface area contributed by atoms with Gasteiger partial charge in [-0.3, -0.25) is 14.5 Å². The minimum atomic E-state index is -0.552. The molecule has 2 aromatic rings. The van der Waals surface area contributed by atoms with E-state index in [0.717, 1.165) is 4.90 Å². The number of halogens is 1. The minimum Gasteiger partial charge on any atom is -0.460 e. The van der Waals surface area contributed by atoms with Crippen LogP contribution in [0.4, 0.5) is 0 Å². The van der Waals surface area contributed by atoms with Crippen molar-refractivity contribution >= 4 is 29.4 Å². The van der Waals surface area contributed by atoms with Gasteiger partial charge in [0.15, 0.2) is 0 Å². The van der Waals surface area contributed by atoms with Crippen LogP contribution in [0.2, 0.25) is 5.02 Å². The molecule has 1 aliphatic heterocycles. The molecular formula is C17H12ClNO4. The van der Waals surface area contributed by atoms with Crippen LogP contribution in [0, 0.1) is 0 Å². The lowest BCUT2D eigenvalue weighted by atomic mass is 10.1. The highest BCUT2D eigenvalue weighted by atomic mass is 35.5. The van der Waals surface area contributed by atoms with E-state index < -0.39 is 5.97 Å². The van der Waals surface area contributed by atoms with Gasteiger partial charge >= 0.3 is 5.97 Å². The van der Waals surface area contributed by atoms with Crippen molar-refractivity contribution in [2.75, 3.05) is 13.2 Å². The first-order valence-corrected chi connectivity index (χ1v) is 7.33. The molecule has 0 saturated heterocycles. The van der Waals surface area contributed by atoms with Gasteiger partial charge in [-0.25, -0.2) is 4.79 Å². The number of esters is 1. The van der Waals surface area contributed by atoms with Crippen molar-refractivity contribution in [3.05, 3.63) is 70.2 Å². The molecule has 0 unspecified atom stereocenters. The van der Waals surface area contributed by atoms with Crippen molar-refractivity contribution in [1.29, 1.82) is 0 Å². The number of carbonyl (C=O) groups excluding carboxylic acids is 3. The molecule has 1 aliphatic rings. The lowest BCUT2D eigenvalue weighted by Crippen LogP contribution is -2.33. The second-order valence-corrected chi connectivity index (χ2v) is 5.39. The van der Waals surface area contributed by atoms with Gasteiger partial charge in [0.05, 0.1) is 23.2 Å². The molecule has 0 aromatic heterocycles. The molecule has 0 aliphatic carbocycles. The molecule has 0 saturated carbocycles. The van der Waals surface area contributed by atoms with Crippen molar-refractivity contribution in [3.63, 3.8) is 0 Å². The highest BCUT2D eigenvalue weighted by Crippen LogP contribution is 2.22. The molecule has 0 bridgehead atoms. The zero-order chi connectivity index (χ0) is 16.4. The van der Waals surface area contributed by atoms with E-state index in [-0.39, 0.29) is 25.0 Å². The summed E-state index contributed by atoms with van der Waals surface area (Å²) in [5.74, 6) is -1.29. The van der Waals surface area contributed by atoms with E-state index in [2.05, 4.69) is 0 Å². The summed E-state index contributed by atoms with van der Waals surface area (Å²) in [5, 5.41) is 0.430. The summed E-state index contributed by atoms with van der Waals surface area (Å²) in [4.78, 5) is 37.3. The number of benzene rings is 2. The Labute approximate surface area is 137 Å². The zero-order valence-corrected chi connectivity index (χ0v) is 12.7. The standard InChI is InChI=1S/C17H12ClNO4/c18-12-5-3-4-11(10-12)17(22)23-9-8-19-15(20)13-6-1-2-7-14(13)16(19)21/h1-7,10H,8-9H2. The van der Waals surface area contributed by atoms with Crippen molar-refractivity contribution in [2.45, 2.75) is 0 Å². The highest BCUT2D eigenvalue weighted by Gasteiger charge is 2.34. The fraction of sp³-hybridized carbons (Fsp3) is 0.118. The number of fused-ring (bicyclic) bond motifs is 1. The lowest BCUT2D eigenvalue weighted by molar-refractivity contribution is 0.0420. The fourth-order valence-electron chi connectivity index (χ4n) is 2.37. The monoisotopic (exact) mass is 329 g/mol. The Morgan fingerprint density at radius 3 is 2.26 bits per heavy atom. The normalized spacial score (nSPS) is 13.2. The maximum Gasteiger partial charge on any atom is 0.338 e. The van der Waals surface area contributed by atoms with Gasteiger partial charge in [0, 0.05) is 5.02 Å². The van der Waals surface area contributed by atoms with Gasteiger partial charge in [-0.05, 0) is 30.3 Å². The Kier molecular flexibility index (Phi) is 4.12. The number of hydrogen-bond donors (Lipinski definition) is 0.